The smallest absolute Gasteiger partial charge is 0.307 e. The summed E-state index contributed by atoms with van der Waals surface area (Å²) in [5, 5.41) is 1.03. The van der Waals surface area contributed by atoms with Crippen molar-refractivity contribution in [2.24, 2.45) is 4.99 Å². The van der Waals surface area contributed by atoms with Gasteiger partial charge in [0.15, 0.2) is 22.0 Å². The number of aromatic nitrogens is 3. The number of nitrogens with zero attached hydrogens (tertiary/aromatic N) is 5. The van der Waals surface area contributed by atoms with Gasteiger partial charge in [-0.25, -0.2) is 15.0 Å². The maximum atomic E-state index is 5.91. The van der Waals surface area contributed by atoms with Crippen molar-refractivity contribution in [3.05, 3.63) is 20.1 Å². The van der Waals surface area contributed by atoms with Crippen LogP contribution in [0.4, 0.5) is 11.6 Å². The first-order chi connectivity index (χ1) is 9.63. The molecule has 0 unspecified atom stereocenters. The third-order valence-corrected chi connectivity index (χ3v) is 6.17. The molecule has 10 heteroatoms. The Kier molecular flexibility index (Phi) is 2.97. The maximum Gasteiger partial charge on any atom is 0.325 e. The van der Waals surface area contributed by atoms with Gasteiger partial charge in [-0.05, 0) is 0 Å². The highest BCUT2D eigenvalue weighted by Gasteiger charge is 2.34. The number of thioether (sulfide) groups is 1. The molecule has 0 atom stereocenters. The van der Waals surface area contributed by atoms with Gasteiger partial charge >= 0.3 is 10.3 Å². The lowest BCUT2D eigenvalue weighted by Crippen LogP contribution is -2.31. The fourth-order valence-corrected chi connectivity index (χ4v) is 5.04. The van der Waals surface area contributed by atoms with E-state index in [9.17, 15) is 0 Å². The molecule has 0 fully saturated rings. The molecule has 0 radical (unpaired) electrons. The summed E-state index contributed by atoms with van der Waals surface area (Å²) < 4.78 is 4.38. The molecular formula is C10H4Cl2N5S3+. The Balaban J connectivity index is 1.91. The molecule has 0 aliphatic carbocycles. The third-order valence-electron chi connectivity index (χ3n) is 2.77. The van der Waals surface area contributed by atoms with Crippen LogP contribution in [0, 0.1) is 0 Å². The van der Waals surface area contributed by atoms with E-state index in [-0.39, 0.29) is 10.3 Å². The Bertz CT molecular complexity index is 800. The number of aliphatic imine (C=N–C) groups is 1. The van der Waals surface area contributed by atoms with E-state index in [1.54, 1.807) is 10.3 Å². The number of likely N-dealkylation sites (N-methyl/N-ethyl adjacent to an activating group) is 1. The van der Waals surface area contributed by atoms with Crippen LogP contribution in [0.2, 0.25) is 10.3 Å². The van der Waals surface area contributed by atoms with Crippen molar-refractivity contribution in [3.8, 4) is 0 Å². The zero-order valence-corrected chi connectivity index (χ0v) is 13.8. The number of hydrogen-bond acceptors (Lipinski definition) is 7. The molecule has 4 heterocycles. The summed E-state index contributed by atoms with van der Waals surface area (Å²) in [5.41, 5.74) is 0. The monoisotopic (exact) mass is 360 g/mol. The minimum atomic E-state index is 0.165. The molecule has 0 bridgehead atoms. The topological polar surface area (TPSA) is 54.3 Å². The largest absolute Gasteiger partial charge is 0.325 e. The summed E-state index contributed by atoms with van der Waals surface area (Å²) in [5.74, 6) is 2.21. The summed E-state index contributed by atoms with van der Waals surface area (Å²) in [4.78, 5) is 17.0. The SMILES string of the molecule is CN1C2=Nc3nc(Cl)c(Cl)nc3SC2=Cc2[s+]snc21. The molecule has 2 aliphatic rings. The highest BCUT2D eigenvalue weighted by molar-refractivity contribution is 8.04. The number of hydrogen-bond donors (Lipinski definition) is 0. The predicted molar refractivity (Wildman–Crippen MR) is 85.8 cm³/mol. The van der Waals surface area contributed by atoms with Crippen molar-refractivity contribution in [3.63, 3.8) is 0 Å². The van der Waals surface area contributed by atoms with Crippen LogP contribution in [-0.4, -0.2) is 27.2 Å². The van der Waals surface area contributed by atoms with Gasteiger partial charge in [-0.15, -0.1) is 4.37 Å². The Hall–Kier alpha value is -0.800. The first kappa shape index (κ1) is 12.9. The van der Waals surface area contributed by atoms with Crippen LogP contribution in [-0.2, 0) is 0 Å². The highest BCUT2D eigenvalue weighted by atomic mass is 35.5. The van der Waals surface area contributed by atoms with E-state index in [1.165, 1.54) is 22.3 Å². The molecule has 0 amide bonds. The Morgan fingerprint density at radius 2 is 2.05 bits per heavy atom. The molecule has 2 aromatic rings. The minimum absolute atomic E-state index is 0.165. The van der Waals surface area contributed by atoms with E-state index in [1.807, 2.05) is 11.9 Å². The van der Waals surface area contributed by atoms with Crippen molar-refractivity contribution >= 4 is 79.4 Å². The van der Waals surface area contributed by atoms with Crippen molar-refractivity contribution in [2.75, 3.05) is 11.9 Å². The predicted octanol–water partition coefficient (Wildman–Crippen LogP) is 4.21. The minimum Gasteiger partial charge on any atom is -0.307 e. The van der Waals surface area contributed by atoms with E-state index in [0.717, 1.165) is 21.4 Å². The first-order valence-corrected chi connectivity index (χ1v) is 9.06. The summed E-state index contributed by atoms with van der Waals surface area (Å²) in [6.07, 6.45) is 2.07. The van der Waals surface area contributed by atoms with Gasteiger partial charge in [0.1, 0.15) is 5.03 Å². The molecule has 0 N–H and O–H groups in total. The number of amidine groups is 1. The Morgan fingerprint density at radius 3 is 2.90 bits per heavy atom. The van der Waals surface area contributed by atoms with Gasteiger partial charge < -0.3 is 4.90 Å². The molecule has 5 nitrogen and oxygen atoms in total. The molecule has 0 spiro atoms. The summed E-state index contributed by atoms with van der Waals surface area (Å²) >= 11 is 13.3. The van der Waals surface area contributed by atoms with Gasteiger partial charge in [0.25, 0.3) is 15.4 Å². The van der Waals surface area contributed by atoms with Crippen LogP contribution < -0.4 is 4.90 Å². The molecule has 4 rings (SSSR count). The quantitative estimate of drug-likeness (QED) is 0.520. The Morgan fingerprint density at radius 1 is 1.25 bits per heavy atom. The number of fused-ring (bicyclic) bond motifs is 3. The zero-order chi connectivity index (χ0) is 13.9. The normalized spacial score (nSPS) is 16.1. The lowest BCUT2D eigenvalue weighted by molar-refractivity contribution is 1.04. The molecule has 0 saturated heterocycles. The molecule has 0 aromatic carbocycles. The molecular weight excluding hydrogens is 357 g/mol. The van der Waals surface area contributed by atoms with E-state index >= 15 is 0 Å². The average molecular weight is 361 g/mol. The molecule has 2 aliphatic heterocycles. The second-order valence-electron chi connectivity index (χ2n) is 3.98. The van der Waals surface area contributed by atoms with Crippen molar-refractivity contribution in [1.82, 2.24) is 14.3 Å². The summed E-state index contributed by atoms with van der Waals surface area (Å²) in [6, 6.07) is 0. The van der Waals surface area contributed by atoms with Crippen molar-refractivity contribution < 1.29 is 0 Å². The fourth-order valence-electron chi connectivity index (χ4n) is 1.86. The van der Waals surface area contributed by atoms with Crippen LogP contribution in [0.1, 0.15) is 4.88 Å². The highest BCUT2D eigenvalue weighted by Crippen LogP contribution is 2.45. The molecule has 0 saturated carbocycles. The standard InChI is InChI=1S/C10H4Cl2N5S3/c1-17-8-3(2-4-9(17)16-20-19-4)18-10-7(15-8)13-5(11)6(12)14-10/h2H,1H3/q+1. The van der Waals surface area contributed by atoms with Gasteiger partial charge in [-0.1, -0.05) is 35.0 Å². The lowest BCUT2D eigenvalue weighted by atomic mass is 10.3. The molecule has 20 heavy (non-hydrogen) atoms. The van der Waals surface area contributed by atoms with Crippen LogP contribution in [0.25, 0.3) is 6.08 Å². The lowest BCUT2D eigenvalue weighted by Gasteiger charge is -2.25. The number of rotatable bonds is 0. The fraction of sp³-hybridized carbons (Fsp3) is 0.100. The molecule has 2 aromatic heterocycles. The van der Waals surface area contributed by atoms with Crippen LogP contribution >= 0.6 is 55.8 Å². The van der Waals surface area contributed by atoms with Crippen LogP contribution in [0.5, 0.6) is 0 Å². The second kappa shape index (κ2) is 4.60. The van der Waals surface area contributed by atoms with E-state index in [4.69, 9.17) is 23.2 Å². The van der Waals surface area contributed by atoms with Gasteiger partial charge in [-0.3, -0.25) is 0 Å². The van der Waals surface area contributed by atoms with Gasteiger partial charge in [0, 0.05) is 13.1 Å². The number of halogens is 2. The summed E-state index contributed by atoms with van der Waals surface area (Å²) in [7, 11) is 5.03. The van der Waals surface area contributed by atoms with Crippen molar-refractivity contribution in [2.45, 2.75) is 5.03 Å². The van der Waals surface area contributed by atoms with Gasteiger partial charge in [0.2, 0.25) is 5.82 Å². The van der Waals surface area contributed by atoms with Gasteiger partial charge in [0.05, 0.1) is 4.91 Å². The summed E-state index contributed by atoms with van der Waals surface area (Å²) in [6.45, 7) is 0. The van der Waals surface area contributed by atoms with E-state index in [0.29, 0.717) is 10.8 Å². The third kappa shape index (κ3) is 1.86. The van der Waals surface area contributed by atoms with E-state index < -0.39 is 0 Å². The Labute approximate surface area is 135 Å². The van der Waals surface area contributed by atoms with Crippen LogP contribution in [0.15, 0.2) is 14.9 Å². The average Bonchev–Trinajstić information content (AvgIpc) is 2.88. The number of anilines is 1. The van der Waals surface area contributed by atoms with E-state index in [2.05, 4.69) is 25.4 Å². The first-order valence-electron chi connectivity index (χ1n) is 5.38. The zero-order valence-electron chi connectivity index (χ0n) is 9.79. The maximum absolute atomic E-state index is 5.91. The van der Waals surface area contributed by atoms with Gasteiger partial charge in [-0.2, -0.15) is 0 Å². The van der Waals surface area contributed by atoms with Crippen molar-refractivity contribution in [1.29, 1.82) is 0 Å². The second-order valence-corrected chi connectivity index (χ2v) is 7.61. The van der Waals surface area contributed by atoms with Crippen LogP contribution in [0.3, 0.4) is 0 Å². The molecule has 100 valence electrons.